The maximum atomic E-state index is 8.41. The molecule has 0 heterocycles. The minimum atomic E-state index is -2.85. The quantitative estimate of drug-likeness (QED) is 0.357. The molecule has 0 radical (unpaired) electrons. The van der Waals surface area contributed by atoms with Gasteiger partial charge in [-0.25, -0.2) is 0 Å². The van der Waals surface area contributed by atoms with E-state index >= 15 is 0 Å². The fourth-order valence-electron chi connectivity index (χ4n) is 0. The third-order valence-corrected chi connectivity index (χ3v) is 0. The normalized spacial score (nSPS) is 6.00. The van der Waals surface area contributed by atoms with Gasteiger partial charge in [-0.05, 0) is 0 Å². The fourth-order valence-corrected chi connectivity index (χ4v) is 0. The van der Waals surface area contributed by atoms with Gasteiger partial charge in [-0.15, -0.1) is 0 Å². The molecule has 0 bridgehead atoms. The van der Waals surface area contributed by atoms with E-state index in [1.54, 1.807) is 0 Å². The Morgan fingerprint density at radius 2 is 0.889 bits per heavy atom. The van der Waals surface area contributed by atoms with Crippen LogP contribution in [0.1, 0.15) is 0 Å². The molecular formula is Cl2Na2O5. The van der Waals surface area contributed by atoms with E-state index in [9.17, 15) is 0 Å². The summed E-state index contributed by atoms with van der Waals surface area (Å²) in [6.45, 7) is 0. The molecule has 0 rings (SSSR count). The first-order chi connectivity index (χ1) is 3.15. The second-order valence-electron chi connectivity index (χ2n) is 0.252. The van der Waals surface area contributed by atoms with Gasteiger partial charge >= 0.3 is 59.1 Å². The van der Waals surface area contributed by atoms with Gasteiger partial charge in [0.2, 0.25) is 0 Å². The first-order valence-electron chi connectivity index (χ1n) is 0.772. The maximum absolute atomic E-state index is 8.41. The minimum absolute atomic E-state index is 0. The molecule has 9 heteroatoms. The van der Waals surface area contributed by atoms with E-state index in [4.69, 9.17) is 23.3 Å². The van der Waals surface area contributed by atoms with Crippen molar-refractivity contribution in [2.45, 2.75) is 0 Å². The van der Waals surface area contributed by atoms with Crippen molar-refractivity contribution in [3.8, 4) is 0 Å². The fraction of sp³-hybridized carbons (Fsp3) is 0. The summed E-state index contributed by atoms with van der Waals surface area (Å²) in [7, 11) is -2.85. The number of halogens is 2. The summed E-state index contributed by atoms with van der Waals surface area (Å²) in [4.78, 5) is 0. The smallest absolute Gasteiger partial charge is 0.544 e. The van der Waals surface area contributed by atoms with Crippen LogP contribution in [-0.2, 0) is 0 Å². The van der Waals surface area contributed by atoms with E-state index in [0.717, 1.165) is 0 Å². The molecule has 5 nitrogen and oxygen atoms in total. The molecule has 0 amide bonds. The van der Waals surface area contributed by atoms with Crippen LogP contribution in [-0.4, -0.2) is 0 Å². The zero-order valence-corrected chi connectivity index (χ0v) is 10.3. The van der Waals surface area contributed by atoms with E-state index < -0.39 is 22.1 Å². The molecule has 0 atom stereocenters. The molecular weight excluding hydrogens is 197 g/mol. The van der Waals surface area contributed by atoms with Crippen LogP contribution in [0.25, 0.3) is 0 Å². The monoisotopic (exact) mass is 196 g/mol. The molecule has 0 aromatic heterocycles. The summed E-state index contributed by atoms with van der Waals surface area (Å²) >= 11 is -0.417. The van der Waals surface area contributed by atoms with E-state index in [1.165, 1.54) is 0 Å². The topological polar surface area (TPSA) is 115 Å². The van der Waals surface area contributed by atoms with Crippen LogP contribution in [0.2, 0.25) is 0 Å². The summed E-state index contributed by atoms with van der Waals surface area (Å²) in [5, 5.41) is 0. The Hall–Kier alpha value is 2.38. The first-order valence-corrected chi connectivity index (χ1v) is 2.31. The van der Waals surface area contributed by atoms with Crippen molar-refractivity contribution < 1.29 is 105 Å². The minimum Gasteiger partial charge on any atom is -0.544 e. The summed E-state index contributed by atoms with van der Waals surface area (Å²) < 4.78 is 41.7. The molecule has 0 aliphatic rings. The maximum Gasteiger partial charge on any atom is 1.00 e. The van der Waals surface area contributed by atoms with Crippen molar-refractivity contribution in [2.75, 3.05) is 0 Å². The molecule has 0 unspecified atom stereocenters. The van der Waals surface area contributed by atoms with Gasteiger partial charge in [-0.1, -0.05) is 0 Å². The summed E-state index contributed by atoms with van der Waals surface area (Å²) in [6, 6.07) is 0. The van der Waals surface area contributed by atoms with Crippen LogP contribution in [0.15, 0.2) is 0 Å². The molecule has 0 aliphatic carbocycles. The molecule has 0 aromatic rings. The molecule has 0 aliphatic heterocycles. The van der Waals surface area contributed by atoms with Crippen LogP contribution >= 0.6 is 0 Å². The SMILES string of the molecule is [Na+].[Na+].[O-][Cl+2]([O-])[O-].[O-][Cl+][O-]. The molecule has 0 saturated carbocycles. The summed E-state index contributed by atoms with van der Waals surface area (Å²) in [5.74, 6) is 0. The molecule has 0 spiro atoms. The summed E-state index contributed by atoms with van der Waals surface area (Å²) in [6.07, 6.45) is 0. The molecule has 0 aromatic carbocycles. The third-order valence-electron chi connectivity index (χ3n) is 0. The molecule has 0 N–H and O–H groups in total. The third kappa shape index (κ3) is 129. The van der Waals surface area contributed by atoms with Crippen molar-refractivity contribution in [2.24, 2.45) is 0 Å². The van der Waals surface area contributed by atoms with Gasteiger partial charge in [-0.2, -0.15) is 0 Å². The van der Waals surface area contributed by atoms with Crippen LogP contribution in [0.3, 0.4) is 0 Å². The van der Waals surface area contributed by atoms with Crippen LogP contribution in [0.5, 0.6) is 0 Å². The number of rotatable bonds is 0. The number of hydrogen-bond donors (Lipinski definition) is 0. The molecule has 0 fully saturated rings. The Morgan fingerprint density at radius 3 is 0.889 bits per heavy atom. The molecule has 0 saturated heterocycles. The van der Waals surface area contributed by atoms with Crippen molar-refractivity contribution in [1.29, 1.82) is 0 Å². The van der Waals surface area contributed by atoms with Gasteiger partial charge in [0.25, 0.3) is 0 Å². The zero-order valence-electron chi connectivity index (χ0n) is 4.80. The second kappa shape index (κ2) is 22.4. The van der Waals surface area contributed by atoms with Crippen molar-refractivity contribution >= 4 is 0 Å². The second-order valence-corrected chi connectivity index (χ2v) is 0.756. The Morgan fingerprint density at radius 1 is 0.889 bits per heavy atom. The summed E-state index contributed by atoms with van der Waals surface area (Å²) in [5.41, 5.74) is 0. The zero-order chi connectivity index (χ0) is 6.28. The van der Waals surface area contributed by atoms with E-state index in [2.05, 4.69) is 0 Å². The van der Waals surface area contributed by atoms with Gasteiger partial charge in [0, 0.05) is 0 Å². The Labute approximate surface area is 103 Å². The molecule has 46 valence electrons. The average Bonchev–Trinajstić information content (AvgIpc) is 1.33. The first kappa shape index (κ1) is 22.5. The van der Waals surface area contributed by atoms with Crippen LogP contribution in [0, 0.1) is 22.1 Å². The van der Waals surface area contributed by atoms with Gasteiger partial charge < -0.3 is 23.3 Å². The van der Waals surface area contributed by atoms with E-state index in [1.807, 2.05) is 0 Å². The van der Waals surface area contributed by atoms with Crippen LogP contribution in [0.4, 0.5) is 0 Å². The van der Waals surface area contributed by atoms with Crippen LogP contribution < -0.4 is 82.4 Å². The van der Waals surface area contributed by atoms with Gasteiger partial charge in [0.1, 0.15) is 0 Å². The Kier molecular flexibility index (Phi) is 56.1. The van der Waals surface area contributed by atoms with E-state index in [0.29, 0.717) is 0 Å². The van der Waals surface area contributed by atoms with Crippen molar-refractivity contribution in [3.05, 3.63) is 0 Å². The molecule has 9 heavy (non-hydrogen) atoms. The Bertz CT molecular complexity index is 24.2. The Balaban J connectivity index is -0.0000000233. The van der Waals surface area contributed by atoms with Crippen molar-refractivity contribution in [3.63, 3.8) is 0 Å². The van der Waals surface area contributed by atoms with Crippen molar-refractivity contribution in [1.82, 2.24) is 0 Å². The predicted molar refractivity (Wildman–Crippen MR) is 0 cm³/mol. The average molecular weight is 197 g/mol. The van der Waals surface area contributed by atoms with Gasteiger partial charge in [0.05, 0.1) is 22.1 Å². The van der Waals surface area contributed by atoms with Gasteiger partial charge in [0.15, 0.2) is 0 Å². The predicted octanol–water partition coefficient (Wildman–Crippen LogP) is -11.9. The largest absolute Gasteiger partial charge is 1.00 e. The van der Waals surface area contributed by atoms with Gasteiger partial charge in [-0.3, -0.25) is 0 Å². The number of hydrogen-bond acceptors (Lipinski definition) is 5. The van der Waals surface area contributed by atoms with E-state index in [-0.39, 0.29) is 59.1 Å². The standard InChI is InChI=1S/ClO3.ClO2.2Na/c2-1(3)4;2-1-3;;/q2*-1;2*+1.